The molecule has 1 saturated carbocycles. The molecule has 3 saturated heterocycles. The minimum Gasteiger partial charge on any atom is -0.342 e. The summed E-state index contributed by atoms with van der Waals surface area (Å²) in [6.45, 7) is 6.02. The van der Waals surface area contributed by atoms with Gasteiger partial charge in [-0.2, -0.15) is 5.26 Å². The maximum atomic E-state index is 13.5. The Morgan fingerprint density at radius 1 is 0.947 bits per heavy atom. The van der Waals surface area contributed by atoms with E-state index >= 15 is 0 Å². The lowest BCUT2D eigenvalue weighted by atomic mass is 9.76. The molecular weight excluding hydrogens is 472 g/mol. The highest BCUT2D eigenvalue weighted by molar-refractivity contribution is 5.85. The highest BCUT2D eigenvalue weighted by atomic mass is 16.2. The van der Waals surface area contributed by atoms with Crippen LogP contribution in [0.25, 0.3) is 0 Å². The van der Waals surface area contributed by atoms with Crippen LogP contribution in [0.1, 0.15) is 61.1 Å². The molecule has 2 amide bonds. The second-order valence-electron chi connectivity index (χ2n) is 12.1. The van der Waals surface area contributed by atoms with Gasteiger partial charge in [-0.15, -0.1) is 0 Å². The largest absolute Gasteiger partial charge is 0.342 e. The number of nitriles is 1. The van der Waals surface area contributed by atoms with E-state index < -0.39 is 0 Å². The van der Waals surface area contributed by atoms with Crippen molar-refractivity contribution in [1.29, 1.82) is 5.26 Å². The molecule has 0 bridgehead atoms. The van der Waals surface area contributed by atoms with Gasteiger partial charge < -0.3 is 14.7 Å². The van der Waals surface area contributed by atoms with E-state index in [0.717, 1.165) is 70.5 Å². The fourth-order valence-corrected chi connectivity index (χ4v) is 6.94. The smallest absolute Gasteiger partial charge is 0.229 e. The quantitative estimate of drug-likeness (QED) is 0.553. The van der Waals surface area contributed by atoms with E-state index in [1.807, 2.05) is 29.2 Å². The van der Waals surface area contributed by atoms with Gasteiger partial charge >= 0.3 is 0 Å². The van der Waals surface area contributed by atoms with Gasteiger partial charge in [0.1, 0.15) is 0 Å². The molecule has 6 heteroatoms. The second kappa shape index (κ2) is 10.5. The van der Waals surface area contributed by atoms with Crippen LogP contribution in [-0.4, -0.2) is 65.8 Å². The van der Waals surface area contributed by atoms with Crippen LogP contribution >= 0.6 is 0 Å². The van der Waals surface area contributed by atoms with Crippen LogP contribution < -0.4 is 0 Å². The number of hydrogen-bond donors (Lipinski definition) is 0. The van der Waals surface area contributed by atoms with E-state index in [-0.39, 0.29) is 5.41 Å². The topological polar surface area (TPSA) is 67.7 Å². The number of carbonyl (C=O) groups excluding carboxylic acids is 2. The van der Waals surface area contributed by atoms with Crippen molar-refractivity contribution in [3.8, 4) is 6.07 Å². The highest BCUT2D eigenvalue weighted by Crippen LogP contribution is 2.43. The summed E-state index contributed by atoms with van der Waals surface area (Å²) < 4.78 is 0. The maximum absolute atomic E-state index is 13.5. The lowest BCUT2D eigenvalue weighted by molar-refractivity contribution is -0.139. The molecule has 1 aliphatic carbocycles. The van der Waals surface area contributed by atoms with E-state index in [1.165, 1.54) is 18.4 Å². The van der Waals surface area contributed by atoms with Crippen molar-refractivity contribution in [2.75, 3.05) is 39.3 Å². The Kier molecular flexibility index (Phi) is 6.97. The van der Waals surface area contributed by atoms with Crippen LogP contribution in [0.15, 0.2) is 54.6 Å². The monoisotopic (exact) mass is 510 g/mol. The normalized spacial score (nSPS) is 25.2. The second-order valence-corrected chi connectivity index (χ2v) is 12.1. The van der Waals surface area contributed by atoms with Gasteiger partial charge in [-0.05, 0) is 80.3 Å². The highest BCUT2D eigenvalue weighted by Gasteiger charge is 2.48. The number of benzene rings is 2. The number of amides is 2. The molecule has 0 aromatic heterocycles. The van der Waals surface area contributed by atoms with Gasteiger partial charge in [0.15, 0.2) is 0 Å². The molecule has 2 aromatic carbocycles. The molecule has 2 aromatic rings. The van der Waals surface area contributed by atoms with Crippen molar-refractivity contribution in [2.24, 2.45) is 17.3 Å². The number of nitrogens with zero attached hydrogens (tertiary/aromatic N) is 4. The van der Waals surface area contributed by atoms with E-state index in [4.69, 9.17) is 5.26 Å². The van der Waals surface area contributed by atoms with Gasteiger partial charge in [-0.3, -0.25) is 9.59 Å². The SMILES string of the molecule is N#Cc1ccc(CN2CCC3(CCN(C[C@H]4CN(C(=O)CC5CC5)C[C@@H]4c4ccccc4)CC3)C2=O)cc1. The summed E-state index contributed by atoms with van der Waals surface area (Å²) in [5, 5.41) is 9.04. The molecule has 0 N–H and O–H groups in total. The predicted octanol–water partition coefficient (Wildman–Crippen LogP) is 4.42. The molecule has 198 valence electrons. The van der Waals surface area contributed by atoms with Crippen LogP contribution in [0, 0.1) is 28.6 Å². The number of carbonyl (C=O) groups is 2. The first-order valence-corrected chi connectivity index (χ1v) is 14.4. The Morgan fingerprint density at radius 2 is 1.66 bits per heavy atom. The predicted molar refractivity (Wildman–Crippen MR) is 146 cm³/mol. The van der Waals surface area contributed by atoms with Crippen molar-refractivity contribution in [3.05, 3.63) is 71.3 Å². The number of hydrogen-bond acceptors (Lipinski definition) is 4. The number of likely N-dealkylation sites (tertiary alicyclic amines) is 3. The van der Waals surface area contributed by atoms with E-state index in [1.54, 1.807) is 0 Å². The molecule has 1 spiro atoms. The first kappa shape index (κ1) is 25.1. The molecule has 0 radical (unpaired) electrons. The molecule has 0 unspecified atom stereocenters. The molecule has 4 aliphatic rings. The Morgan fingerprint density at radius 3 is 2.34 bits per heavy atom. The molecule has 2 atom stereocenters. The summed E-state index contributed by atoms with van der Waals surface area (Å²) in [4.78, 5) is 33.2. The Bertz CT molecular complexity index is 1190. The summed E-state index contributed by atoms with van der Waals surface area (Å²) >= 11 is 0. The summed E-state index contributed by atoms with van der Waals surface area (Å²) in [6.07, 6.45) is 5.93. The molecular formula is C32H38N4O2. The van der Waals surface area contributed by atoms with Gasteiger partial charge in [0.2, 0.25) is 11.8 Å². The third kappa shape index (κ3) is 5.22. The first-order valence-electron chi connectivity index (χ1n) is 14.4. The van der Waals surface area contributed by atoms with Crippen LogP contribution in [-0.2, 0) is 16.1 Å². The zero-order valence-corrected chi connectivity index (χ0v) is 22.2. The minimum absolute atomic E-state index is 0.218. The zero-order chi connectivity index (χ0) is 26.1. The standard InChI is InChI=1S/C32H38N4O2/c33-19-25-8-10-26(11-9-25)20-35-17-14-32(31(35)38)12-15-34(16-13-32)21-28-22-36(30(37)18-24-6-7-24)23-29(28)27-4-2-1-3-5-27/h1-5,8-11,24,28-29H,6-7,12-18,20-23H2/t28-,29+/m0/s1. The lowest BCUT2D eigenvalue weighted by Crippen LogP contribution is -2.46. The summed E-state index contributed by atoms with van der Waals surface area (Å²) in [5.41, 5.74) is 2.86. The molecule has 4 fully saturated rings. The van der Waals surface area contributed by atoms with Crippen molar-refractivity contribution in [1.82, 2.24) is 14.7 Å². The molecule has 3 aliphatic heterocycles. The van der Waals surface area contributed by atoms with Gasteiger partial charge in [0.25, 0.3) is 0 Å². The van der Waals surface area contributed by atoms with Crippen molar-refractivity contribution < 1.29 is 9.59 Å². The Hall–Kier alpha value is -3.17. The van der Waals surface area contributed by atoms with E-state index in [0.29, 0.717) is 41.7 Å². The fourth-order valence-electron chi connectivity index (χ4n) is 6.94. The minimum atomic E-state index is -0.218. The summed E-state index contributed by atoms with van der Waals surface area (Å²) in [7, 11) is 0. The summed E-state index contributed by atoms with van der Waals surface area (Å²) in [6, 6.07) is 20.5. The van der Waals surface area contributed by atoms with Crippen molar-refractivity contribution >= 4 is 11.8 Å². The third-order valence-corrected chi connectivity index (χ3v) is 9.55. The Balaban J connectivity index is 1.07. The van der Waals surface area contributed by atoms with E-state index in [2.05, 4.69) is 46.2 Å². The van der Waals surface area contributed by atoms with Crippen LogP contribution in [0.4, 0.5) is 0 Å². The third-order valence-electron chi connectivity index (χ3n) is 9.55. The lowest BCUT2D eigenvalue weighted by Gasteiger charge is -2.39. The van der Waals surface area contributed by atoms with Gasteiger partial charge in [-0.1, -0.05) is 42.5 Å². The Labute approximate surface area is 226 Å². The van der Waals surface area contributed by atoms with Gasteiger partial charge in [0, 0.05) is 45.1 Å². The average Bonchev–Trinajstić information content (AvgIpc) is 3.60. The fraction of sp³-hybridized carbons (Fsp3) is 0.531. The number of rotatable bonds is 7. The summed E-state index contributed by atoms with van der Waals surface area (Å²) in [5.74, 6) is 2.08. The van der Waals surface area contributed by atoms with Gasteiger partial charge in [-0.25, -0.2) is 0 Å². The van der Waals surface area contributed by atoms with Crippen LogP contribution in [0.2, 0.25) is 0 Å². The molecule has 6 rings (SSSR count). The van der Waals surface area contributed by atoms with Crippen LogP contribution in [0.5, 0.6) is 0 Å². The molecule has 6 nitrogen and oxygen atoms in total. The van der Waals surface area contributed by atoms with E-state index in [9.17, 15) is 9.59 Å². The van der Waals surface area contributed by atoms with Crippen LogP contribution in [0.3, 0.4) is 0 Å². The average molecular weight is 511 g/mol. The van der Waals surface area contributed by atoms with Crippen molar-refractivity contribution in [3.63, 3.8) is 0 Å². The molecule has 3 heterocycles. The zero-order valence-electron chi connectivity index (χ0n) is 22.2. The molecule has 38 heavy (non-hydrogen) atoms. The number of piperidine rings is 1. The maximum Gasteiger partial charge on any atom is 0.229 e. The first-order chi connectivity index (χ1) is 18.5. The van der Waals surface area contributed by atoms with Gasteiger partial charge in [0.05, 0.1) is 17.0 Å². The van der Waals surface area contributed by atoms with Crippen molar-refractivity contribution in [2.45, 2.75) is 51.0 Å².